The van der Waals surface area contributed by atoms with Gasteiger partial charge in [0.15, 0.2) is 11.5 Å². The van der Waals surface area contributed by atoms with Crippen LogP contribution in [0.2, 0.25) is 10.0 Å². The first kappa shape index (κ1) is 18.3. The maximum Gasteiger partial charge on any atom is 0.255 e. The van der Waals surface area contributed by atoms with Gasteiger partial charge in [-0.1, -0.05) is 23.2 Å². The average Bonchev–Trinajstić information content (AvgIpc) is 2.51. The van der Waals surface area contributed by atoms with E-state index in [0.717, 1.165) is 0 Å². The van der Waals surface area contributed by atoms with Gasteiger partial charge < -0.3 is 10.1 Å². The molecule has 24 heavy (non-hydrogen) atoms. The molecule has 0 bridgehead atoms. The number of amides is 1. The van der Waals surface area contributed by atoms with Gasteiger partial charge in [0.05, 0.1) is 16.1 Å². The van der Waals surface area contributed by atoms with E-state index in [9.17, 15) is 9.59 Å². The lowest BCUT2D eigenvalue weighted by molar-refractivity contribution is 0.101. The number of carbonyl (C=O) groups excluding carboxylic acids is 2. The molecule has 0 fully saturated rings. The molecule has 126 valence electrons. The van der Waals surface area contributed by atoms with Crippen molar-refractivity contribution in [1.29, 1.82) is 0 Å². The van der Waals surface area contributed by atoms with E-state index < -0.39 is 0 Å². The van der Waals surface area contributed by atoms with Gasteiger partial charge in [-0.3, -0.25) is 9.59 Å². The Bertz CT molecular complexity index is 747. The van der Waals surface area contributed by atoms with E-state index in [-0.39, 0.29) is 27.8 Å². The van der Waals surface area contributed by atoms with E-state index in [1.54, 1.807) is 24.3 Å². The molecule has 0 aromatic heterocycles. The number of benzene rings is 2. The highest BCUT2D eigenvalue weighted by Gasteiger charge is 2.15. The molecule has 0 aliphatic heterocycles. The predicted molar refractivity (Wildman–Crippen MR) is 96.6 cm³/mol. The van der Waals surface area contributed by atoms with Gasteiger partial charge in [-0.05, 0) is 57.2 Å². The normalized spacial score (nSPS) is 10.6. The van der Waals surface area contributed by atoms with Crippen molar-refractivity contribution in [2.24, 2.45) is 0 Å². The number of ether oxygens (including phenoxy) is 1. The number of ketones is 1. The van der Waals surface area contributed by atoms with Crippen LogP contribution in [-0.4, -0.2) is 17.8 Å². The molecule has 0 unspecified atom stereocenters. The third-order valence-corrected chi connectivity index (χ3v) is 3.72. The van der Waals surface area contributed by atoms with E-state index in [1.165, 1.54) is 19.1 Å². The van der Waals surface area contributed by atoms with Gasteiger partial charge in [0.1, 0.15) is 0 Å². The molecular weight excluding hydrogens is 349 g/mol. The summed E-state index contributed by atoms with van der Waals surface area (Å²) in [7, 11) is 0. The summed E-state index contributed by atoms with van der Waals surface area (Å²) in [5, 5.41) is 3.27. The maximum atomic E-state index is 12.3. The lowest BCUT2D eigenvalue weighted by Crippen LogP contribution is -2.13. The molecule has 0 saturated carbocycles. The van der Waals surface area contributed by atoms with Gasteiger partial charge >= 0.3 is 0 Å². The summed E-state index contributed by atoms with van der Waals surface area (Å²) in [5.41, 5.74) is 1.46. The fraction of sp³-hybridized carbons (Fsp3) is 0.222. The van der Waals surface area contributed by atoms with Crippen molar-refractivity contribution in [3.05, 3.63) is 57.6 Å². The van der Waals surface area contributed by atoms with Gasteiger partial charge in [-0.2, -0.15) is 0 Å². The molecule has 0 saturated heterocycles. The highest BCUT2D eigenvalue weighted by atomic mass is 35.5. The number of hydrogen-bond acceptors (Lipinski definition) is 3. The van der Waals surface area contributed by atoms with Crippen molar-refractivity contribution < 1.29 is 14.3 Å². The van der Waals surface area contributed by atoms with Crippen LogP contribution in [0.3, 0.4) is 0 Å². The number of hydrogen-bond donors (Lipinski definition) is 1. The first-order chi connectivity index (χ1) is 11.3. The summed E-state index contributed by atoms with van der Waals surface area (Å²) in [6.07, 6.45) is -0.0838. The van der Waals surface area contributed by atoms with Crippen LogP contribution in [0.5, 0.6) is 5.75 Å². The summed E-state index contributed by atoms with van der Waals surface area (Å²) in [5.74, 6) is -0.0339. The van der Waals surface area contributed by atoms with Crippen LogP contribution in [0.4, 0.5) is 5.69 Å². The molecule has 2 aromatic carbocycles. The van der Waals surface area contributed by atoms with Crippen molar-refractivity contribution in [1.82, 2.24) is 0 Å². The van der Waals surface area contributed by atoms with Crippen LogP contribution in [0.15, 0.2) is 36.4 Å². The second kappa shape index (κ2) is 7.69. The van der Waals surface area contributed by atoms with Crippen LogP contribution >= 0.6 is 23.2 Å². The van der Waals surface area contributed by atoms with Crippen LogP contribution in [0.25, 0.3) is 0 Å². The molecule has 0 atom stereocenters. The molecule has 1 N–H and O–H groups in total. The maximum absolute atomic E-state index is 12.3. The van der Waals surface area contributed by atoms with E-state index in [0.29, 0.717) is 22.6 Å². The lowest BCUT2D eigenvalue weighted by Gasteiger charge is -2.14. The molecule has 1 amide bonds. The van der Waals surface area contributed by atoms with Gasteiger partial charge in [0.2, 0.25) is 0 Å². The molecule has 0 radical (unpaired) electrons. The number of rotatable bonds is 5. The molecule has 0 heterocycles. The zero-order valence-electron chi connectivity index (χ0n) is 13.5. The molecule has 4 nitrogen and oxygen atoms in total. The Labute approximate surface area is 150 Å². The smallest absolute Gasteiger partial charge is 0.255 e. The summed E-state index contributed by atoms with van der Waals surface area (Å²) >= 11 is 12.3. The van der Waals surface area contributed by atoms with Crippen molar-refractivity contribution >= 4 is 40.6 Å². The topological polar surface area (TPSA) is 55.4 Å². The average molecular weight is 366 g/mol. The summed E-state index contributed by atoms with van der Waals surface area (Å²) in [6, 6.07) is 9.63. The van der Waals surface area contributed by atoms with Gasteiger partial charge in [0, 0.05) is 16.8 Å². The molecular formula is C18H17Cl2NO3. The quantitative estimate of drug-likeness (QED) is 0.737. The van der Waals surface area contributed by atoms with Crippen LogP contribution in [0.1, 0.15) is 41.5 Å². The first-order valence-electron chi connectivity index (χ1n) is 7.36. The van der Waals surface area contributed by atoms with Crippen molar-refractivity contribution in [2.45, 2.75) is 26.9 Å². The van der Waals surface area contributed by atoms with Crippen LogP contribution in [-0.2, 0) is 0 Å². The third kappa shape index (κ3) is 4.49. The SMILES string of the molecule is CC(=O)c1ccc(NC(=O)c2cc(Cl)c(OC(C)C)c(Cl)c2)cc1. The molecule has 2 aromatic rings. The minimum absolute atomic E-state index is 0.0350. The highest BCUT2D eigenvalue weighted by molar-refractivity contribution is 6.37. The molecule has 0 aliphatic rings. The number of halogens is 2. The second-order valence-electron chi connectivity index (χ2n) is 5.52. The Balaban J connectivity index is 2.19. The Kier molecular flexibility index (Phi) is 5.86. The Morgan fingerprint density at radius 2 is 1.54 bits per heavy atom. The minimum atomic E-state index is -0.356. The monoisotopic (exact) mass is 365 g/mol. The molecule has 2 rings (SSSR count). The lowest BCUT2D eigenvalue weighted by atomic mass is 10.1. The van der Waals surface area contributed by atoms with E-state index in [2.05, 4.69) is 5.32 Å². The van der Waals surface area contributed by atoms with Gasteiger partial charge in [-0.25, -0.2) is 0 Å². The number of carbonyl (C=O) groups is 2. The molecule has 6 heteroatoms. The molecule has 0 spiro atoms. The fourth-order valence-electron chi connectivity index (χ4n) is 2.03. The van der Waals surface area contributed by atoms with Gasteiger partial charge in [0.25, 0.3) is 5.91 Å². The van der Waals surface area contributed by atoms with Gasteiger partial charge in [-0.15, -0.1) is 0 Å². The third-order valence-electron chi connectivity index (χ3n) is 3.16. The van der Waals surface area contributed by atoms with E-state index in [4.69, 9.17) is 27.9 Å². The fourth-order valence-corrected chi connectivity index (χ4v) is 2.61. The Morgan fingerprint density at radius 3 is 2.00 bits per heavy atom. The summed E-state index contributed by atoms with van der Waals surface area (Å²) < 4.78 is 5.54. The second-order valence-corrected chi connectivity index (χ2v) is 6.34. The standard InChI is InChI=1S/C18H17Cl2NO3/c1-10(2)24-17-15(19)8-13(9-16(17)20)18(23)21-14-6-4-12(5-7-14)11(3)22/h4-10H,1-3H3,(H,21,23). The van der Waals surface area contributed by atoms with E-state index in [1.807, 2.05) is 13.8 Å². The van der Waals surface area contributed by atoms with Crippen molar-refractivity contribution in [3.63, 3.8) is 0 Å². The zero-order chi connectivity index (χ0) is 17.9. The summed E-state index contributed by atoms with van der Waals surface area (Å²) in [4.78, 5) is 23.6. The van der Waals surface area contributed by atoms with Crippen LogP contribution in [0, 0.1) is 0 Å². The Morgan fingerprint density at radius 1 is 1.00 bits per heavy atom. The van der Waals surface area contributed by atoms with E-state index >= 15 is 0 Å². The number of anilines is 1. The predicted octanol–water partition coefficient (Wildman–Crippen LogP) is 5.24. The number of Topliss-reactive ketones (excluding diaryl/α,β-unsaturated/α-hetero) is 1. The van der Waals surface area contributed by atoms with Crippen LogP contribution < -0.4 is 10.1 Å². The first-order valence-corrected chi connectivity index (χ1v) is 8.11. The van der Waals surface area contributed by atoms with Crippen molar-refractivity contribution in [2.75, 3.05) is 5.32 Å². The highest BCUT2D eigenvalue weighted by Crippen LogP contribution is 2.35. The summed E-state index contributed by atoms with van der Waals surface area (Å²) in [6.45, 7) is 5.20. The zero-order valence-corrected chi connectivity index (χ0v) is 15.0. The molecule has 0 aliphatic carbocycles. The largest absolute Gasteiger partial charge is 0.488 e. The number of nitrogens with one attached hydrogen (secondary N) is 1. The minimum Gasteiger partial charge on any atom is -0.488 e. The Hall–Kier alpha value is -2.04. The van der Waals surface area contributed by atoms with Crippen molar-refractivity contribution in [3.8, 4) is 5.75 Å².